The zero-order chi connectivity index (χ0) is 7.56. The van der Waals surface area contributed by atoms with Crippen LogP contribution in [0, 0.1) is 0 Å². The summed E-state index contributed by atoms with van der Waals surface area (Å²) in [6.45, 7) is 4.14. The molecule has 2 nitrogen and oxygen atoms in total. The maximum atomic E-state index is 10.3. The van der Waals surface area contributed by atoms with Crippen LogP contribution in [0.1, 0.15) is 20.3 Å². The second-order valence-corrected chi connectivity index (χ2v) is 3.07. The molecular weight excluding hydrogens is 125 g/mol. The van der Waals surface area contributed by atoms with Crippen molar-refractivity contribution in [1.82, 2.24) is 5.23 Å². The average molecular weight is 137 g/mol. The minimum absolute atomic E-state index is 0.244. The number of rotatable bonds is 0. The lowest BCUT2D eigenvalue weighted by Crippen LogP contribution is -2.38. The Bertz CT molecular complexity index is 174. The first-order valence-electron chi connectivity index (χ1n) is 3.71. The average Bonchev–Trinajstić information content (AvgIpc) is 1.94. The van der Waals surface area contributed by atoms with Gasteiger partial charge in [-0.3, -0.25) is 0 Å². The Labute approximate surface area is 62.0 Å². The van der Waals surface area contributed by atoms with Crippen LogP contribution in [0.5, 0.6) is 0 Å². The fraction of sp³-hybridized carbons (Fsp3) is 0.714. The highest BCUT2D eigenvalue weighted by molar-refractivity contribution is 6.35. The number of hydrogen-bond donors (Lipinski definition) is 1. The van der Waals surface area contributed by atoms with Crippen molar-refractivity contribution in [2.24, 2.45) is 0 Å². The molecule has 54 valence electrons. The van der Waals surface area contributed by atoms with E-state index >= 15 is 0 Å². The molecule has 0 amide bonds. The summed E-state index contributed by atoms with van der Waals surface area (Å²) in [5, 5.41) is 3.23. The Kier molecular flexibility index (Phi) is 2.31. The molecule has 0 aromatic rings. The molecule has 1 saturated heterocycles. The highest BCUT2D eigenvalue weighted by Crippen LogP contribution is 2.19. The lowest BCUT2D eigenvalue weighted by Gasteiger charge is -2.24. The molecule has 0 aliphatic carbocycles. The second kappa shape index (κ2) is 3.04. The standard InChI is InChI=1S/C7H12BNO/c1-5-3-7(4-10)6(2)9-8-5/h5-6,8-9H,3H2,1-2H3/t5?,6-/m1/s1. The monoisotopic (exact) mass is 137 g/mol. The summed E-state index contributed by atoms with van der Waals surface area (Å²) in [6.07, 6.45) is 0.914. The Morgan fingerprint density at radius 1 is 1.70 bits per heavy atom. The first-order valence-corrected chi connectivity index (χ1v) is 3.71. The normalized spacial score (nSPS) is 32.8. The lowest BCUT2D eigenvalue weighted by molar-refractivity contribution is 0.558. The molecule has 1 aliphatic heterocycles. The van der Waals surface area contributed by atoms with Crippen molar-refractivity contribution in [2.75, 3.05) is 0 Å². The van der Waals surface area contributed by atoms with Crippen molar-refractivity contribution in [3.8, 4) is 0 Å². The van der Waals surface area contributed by atoms with Crippen molar-refractivity contribution in [1.29, 1.82) is 0 Å². The highest BCUT2D eigenvalue weighted by atomic mass is 16.1. The van der Waals surface area contributed by atoms with Gasteiger partial charge in [-0.05, 0) is 19.2 Å². The van der Waals surface area contributed by atoms with Crippen LogP contribution in [0.3, 0.4) is 0 Å². The second-order valence-electron chi connectivity index (χ2n) is 3.07. The first kappa shape index (κ1) is 7.58. The van der Waals surface area contributed by atoms with Crippen molar-refractivity contribution in [2.45, 2.75) is 32.1 Å². The maximum absolute atomic E-state index is 10.3. The van der Waals surface area contributed by atoms with Crippen LogP contribution in [-0.4, -0.2) is 19.4 Å². The van der Waals surface area contributed by atoms with E-state index in [2.05, 4.69) is 12.2 Å². The minimum atomic E-state index is 0.244. The number of carbonyl (C=O) groups excluding carboxylic acids is 1. The van der Waals surface area contributed by atoms with Crippen LogP contribution < -0.4 is 5.23 Å². The molecule has 0 radical (unpaired) electrons. The fourth-order valence-corrected chi connectivity index (χ4v) is 1.26. The summed E-state index contributed by atoms with van der Waals surface area (Å²) in [6, 6.07) is 0.244. The van der Waals surface area contributed by atoms with Crippen molar-refractivity contribution < 1.29 is 4.79 Å². The molecule has 0 aromatic carbocycles. The van der Waals surface area contributed by atoms with E-state index in [0.717, 1.165) is 19.4 Å². The van der Waals surface area contributed by atoms with Crippen molar-refractivity contribution >= 4 is 13.4 Å². The van der Waals surface area contributed by atoms with E-state index in [1.54, 1.807) is 0 Å². The highest BCUT2D eigenvalue weighted by Gasteiger charge is 2.20. The Morgan fingerprint density at radius 3 is 2.90 bits per heavy atom. The summed E-state index contributed by atoms with van der Waals surface area (Å²) < 4.78 is 0. The maximum Gasteiger partial charge on any atom is 0.205 e. The van der Waals surface area contributed by atoms with Crippen molar-refractivity contribution in [3.05, 3.63) is 5.57 Å². The van der Waals surface area contributed by atoms with E-state index in [1.807, 2.05) is 12.9 Å². The predicted octanol–water partition coefficient (Wildman–Crippen LogP) is 0.286. The molecule has 0 aromatic heterocycles. The molecule has 0 saturated carbocycles. The molecule has 10 heavy (non-hydrogen) atoms. The van der Waals surface area contributed by atoms with Gasteiger partial charge in [-0.15, -0.1) is 0 Å². The van der Waals surface area contributed by atoms with Crippen LogP contribution in [-0.2, 0) is 4.79 Å². The molecule has 1 heterocycles. The summed E-state index contributed by atoms with van der Waals surface area (Å²) >= 11 is 0. The molecule has 1 fully saturated rings. The third-order valence-electron chi connectivity index (χ3n) is 1.99. The Balaban J connectivity index is 2.63. The molecule has 2 atom stereocenters. The quantitative estimate of drug-likeness (QED) is 0.384. The van der Waals surface area contributed by atoms with E-state index in [4.69, 9.17) is 0 Å². The molecule has 1 N–H and O–H groups in total. The van der Waals surface area contributed by atoms with Gasteiger partial charge in [0.05, 0.1) is 0 Å². The van der Waals surface area contributed by atoms with E-state index in [9.17, 15) is 4.79 Å². The van der Waals surface area contributed by atoms with E-state index in [-0.39, 0.29) is 6.04 Å². The van der Waals surface area contributed by atoms with Gasteiger partial charge in [0.1, 0.15) is 5.94 Å². The van der Waals surface area contributed by atoms with Gasteiger partial charge >= 0.3 is 0 Å². The van der Waals surface area contributed by atoms with Gasteiger partial charge in [0.2, 0.25) is 7.41 Å². The van der Waals surface area contributed by atoms with Crippen LogP contribution >= 0.6 is 0 Å². The molecule has 1 rings (SSSR count). The summed E-state index contributed by atoms with van der Waals surface area (Å²) in [5.74, 6) is 2.58. The van der Waals surface area contributed by atoms with Gasteiger partial charge in [-0.1, -0.05) is 6.92 Å². The molecule has 1 aliphatic rings. The van der Waals surface area contributed by atoms with Gasteiger partial charge < -0.3 is 5.23 Å². The van der Waals surface area contributed by atoms with Gasteiger partial charge in [-0.2, -0.15) is 0 Å². The van der Waals surface area contributed by atoms with E-state index in [0.29, 0.717) is 5.82 Å². The number of hydrogen-bond acceptors (Lipinski definition) is 2. The predicted molar refractivity (Wildman–Crippen MR) is 43.0 cm³/mol. The van der Waals surface area contributed by atoms with Gasteiger partial charge in [-0.25, -0.2) is 4.79 Å². The molecule has 0 bridgehead atoms. The molecule has 3 heteroatoms. The van der Waals surface area contributed by atoms with E-state index < -0.39 is 0 Å². The largest absolute Gasteiger partial charge is 0.352 e. The summed E-state index contributed by atoms with van der Waals surface area (Å²) in [7, 11) is 1.02. The van der Waals surface area contributed by atoms with Crippen LogP contribution in [0.25, 0.3) is 0 Å². The van der Waals surface area contributed by atoms with Crippen LogP contribution in [0.15, 0.2) is 5.57 Å². The third kappa shape index (κ3) is 1.50. The smallest absolute Gasteiger partial charge is 0.205 e. The fourth-order valence-electron chi connectivity index (χ4n) is 1.26. The SMILES string of the molecule is CC1BN[C@H](C)C(=C=O)C1. The Hall–Kier alpha value is -0.525. The first-order chi connectivity index (χ1) is 4.74. The van der Waals surface area contributed by atoms with Crippen molar-refractivity contribution in [3.63, 3.8) is 0 Å². The summed E-state index contributed by atoms with van der Waals surface area (Å²) in [4.78, 5) is 10.3. The topological polar surface area (TPSA) is 29.1 Å². The van der Waals surface area contributed by atoms with Gasteiger partial charge in [0.15, 0.2) is 0 Å². The minimum Gasteiger partial charge on any atom is -0.352 e. The van der Waals surface area contributed by atoms with Crippen LogP contribution in [0.4, 0.5) is 0 Å². The molecular formula is C7H12BNO. The zero-order valence-corrected chi connectivity index (χ0v) is 6.48. The van der Waals surface area contributed by atoms with Gasteiger partial charge in [0, 0.05) is 11.6 Å². The van der Waals surface area contributed by atoms with Crippen LogP contribution in [0.2, 0.25) is 5.82 Å². The molecule has 0 spiro atoms. The zero-order valence-electron chi connectivity index (χ0n) is 6.48. The lowest BCUT2D eigenvalue weighted by atomic mass is 9.68. The van der Waals surface area contributed by atoms with Gasteiger partial charge in [0.25, 0.3) is 0 Å². The third-order valence-corrected chi connectivity index (χ3v) is 1.99. The Morgan fingerprint density at radius 2 is 2.40 bits per heavy atom. The van der Waals surface area contributed by atoms with E-state index in [1.165, 1.54) is 0 Å². The summed E-state index contributed by atoms with van der Waals surface area (Å²) in [5.41, 5.74) is 0.888. The molecule has 1 unspecified atom stereocenters. The number of nitrogens with one attached hydrogen (secondary N) is 1.